The van der Waals surface area contributed by atoms with Gasteiger partial charge in [0.15, 0.2) is 0 Å². The van der Waals surface area contributed by atoms with Gasteiger partial charge < -0.3 is 11.1 Å². The molecule has 3 nitrogen and oxygen atoms in total. The van der Waals surface area contributed by atoms with E-state index in [1.54, 1.807) is 0 Å². The van der Waals surface area contributed by atoms with Gasteiger partial charge in [-0.3, -0.25) is 4.79 Å². The van der Waals surface area contributed by atoms with Gasteiger partial charge in [0.2, 0.25) is 5.91 Å². The Morgan fingerprint density at radius 3 is 2.80 bits per heavy atom. The lowest BCUT2D eigenvalue weighted by Crippen LogP contribution is -2.24. The van der Waals surface area contributed by atoms with E-state index in [2.05, 4.69) is 28.2 Å². The number of nitrogens with two attached hydrogens (primary N) is 1. The second-order valence-corrected chi connectivity index (χ2v) is 4.27. The molecule has 1 amide bonds. The summed E-state index contributed by atoms with van der Waals surface area (Å²) in [7, 11) is 0. The monoisotopic (exact) mass is 270 g/mol. The number of amides is 1. The van der Waals surface area contributed by atoms with E-state index < -0.39 is 0 Å². The number of primary amides is 1. The van der Waals surface area contributed by atoms with E-state index in [9.17, 15) is 4.79 Å². The maximum absolute atomic E-state index is 10.6. The predicted molar refractivity (Wildman–Crippen MR) is 64.4 cm³/mol. The van der Waals surface area contributed by atoms with Gasteiger partial charge in [0, 0.05) is 23.5 Å². The molecule has 82 valence electrons. The Morgan fingerprint density at radius 1 is 1.53 bits per heavy atom. The van der Waals surface area contributed by atoms with Crippen molar-refractivity contribution in [3.63, 3.8) is 0 Å². The zero-order chi connectivity index (χ0) is 11.3. The van der Waals surface area contributed by atoms with Crippen LogP contribution in [0.25, 0.3) is 0 Å². The molecule has 1 rings (SSSR count). The molecule has 0 aromatic heterocycles. The van der Waals surface area contributed by atoms with Crippen molar-refractivity contribution in [1.29, 1.82) is 0 Å². The van der Waals surface area contributed by atoms with E-state index in [1.807, 2.05) is 24.3 Å². The molecule has 0 aliphatic heterocycles. The topological polar surface area (TPSA) is 55.1 Å². The smallest absolute Gasteiger partial charge is 0.218 e. The van der Waals surface area contributed by atoms with Crippen molar-refractivity contribution in [2.75, 3.05) is 6.54 Å². The molecule has 1 aromatic rings. The quantitative estimate of drug-likeness (QED) is 0.860. The molecule has 0 bridgehead atoms. The minimum absolute atomic E-state index is 0.208. The van der Waals surface area contributed by atoms with Crippen molar-refractivity contribution >= 4 is 21.8 Å². The van der Waals surface area contributed by atoms with Crippen molar-refractivity contribution < 1.29 is 4.79 Å². The van der Waals surface area contributed by atoms with Crippen LogP contribution in [0.15, 0.2) is 28.7 Å². The lowest BCUT2D eigenvalue weighted by atomic mass is 10.1. The molecule has 4 heteroatoms. The molecule has 1 unspecified atom stereocenters. The first kappa shape index (κ1) is 12.2. The summed E-state index contributed by atoms with van der Waals surface area (Å²) < 4.78 is 1.07. The van der Waals surface area contributed by atoms with Crippen LogP contribution in [-0.2, 0) is 4.79 Å². The van der Waals surface area contributed by atoms with Crippen LogP contribution in [0.1, 0.15) is 24.9 Å². The number of halogens is 1. The maximum Gasteiger partial charge on any atom is 0.218 e. The molecule has 1 aromatic carbocycles. The van der Waals surface area contributed by atoms with E-state index in [-0.39, 0.29) is 11.9 Å². The van der Waals surface area contributed by atoms with E-state index in [0.717, 1.165) is 4.47 Å². The van der Waals surface area contributed by atoms with E-state index >= 15 is 0 Å². The zero-order valence-electron chi connectivity index (χ0n) is 8.66. The number of hydrogen-bond acceptors (Lipinski definition) is 2. The second-order valence-electron chi connectivity index (χ2n) is 3.41. The van der Waals surface area contributed by atoms with Crippen LogP contribution in [-0.4, -0.2) is 12.5 Å². The fourth-order valence-electron chi connectivity index (χ4n) is 1.35. The molecule has 0 radical (unpaired) electrons. The molecule has 0 heterocycles. The number of nitrogens with one attached hydrogen (secondary N) is 1. The Bertz CT molecular complexity index is 341. The second kappa shape index (κ2) is 5.88. The molecular weight excluding hydrogens is 256 g/mol. The van der Waals surface area contributed by atoms with Crippen LogP contribution in [0.4, 0.5) is 0 Å². The zero-order valence-corrected chi connectivity index (χ0v) is 10.3. The number of carbonyl (C=O) groups is 1. The van der Waals surface area contributed by atoms with Crippen molar-refractivity contribution in [3.8, 4) is 0 Å². The van der Waals surface area contributed by atoms with Gasteiger partial charge in [0.1, 0.15) is 0 Å². The Morgan fingerprint density at radius 2 is 2.20 bits per heavy atom. The average molecular weight is 271 g/mol. The number of benzene rings is 1. The molecule has 0 aliphatic carbocycles. The molecule has 3 N–H and O–H groups in total. The van der Waals surface area contributed by atoms with Gasteiger partial charge >= 0.3 is 0 Å². The first-order valence-electron chi connectivity index (χ1n) is 4.87. The summed E-state index contributed by atoms with van der Waals surface area (Å²) in [6, 6.07) is 8.23. The average Bonchev–Trinajstić information content (AvgIpc) is 2.17. The standard InChI is InChI=1S/C11H15BrN2O/c1-8(14-7-6-11(13)15)9-4-2-3-5-10(9)12/h2-5,8,14H,6-7H2,1H3,(H2,13,15). The Labute approximate surface area is 98.2 Å². The van der Waals surface area contributed by atoms with Gasteiger partial charge in [-0.25, -0.2) is 0 Å². The van der Waals surface area contributed by atoms with Crippen molar-refractivity contribution in [2.45, 2.75) is 19.4 Å². The molecule has 15 heavy (non-hydrogen) atoms. The summed E-state index contributed by atoms with van der Waals surface area (Å²) in [4.78, 5) is 10.6. The first-order chi connectivity index (χ1) is 7.11. The Hall–Kier alpha value is -0.870. The van der Waals surface area contributed by atoms with Crippen LogP contribution in [0, 0.1) is 0 Å². The normalized spacial score (nSPS) is 12.4. The van der Waals surface area contributed by atoms with Crippen molar-refractivity contribution in [3.05, 3.63) is 34.3 Å². The molecule has 0 fully saturated rings. The summed E-state index contributed by atoms with van der Waals surface area (Å²) >= 11 is 3.49. The maximum atomic E-state index is 10.6. The van der Waals surface area contributed by atoms with Crippen molar-refractivity contribution in [2.24, 2.45) is 5.73 Å². The lowest BCUT2D eigenvalue weighted by Gasteiger charge is -2.15. The summed E-state index contributed by atoms with van der Waals surface area (Å²) in [5, 5.41) is 3.24. The van der Waals surface area contributed by atoms with E-state index in [0.29, 0.717) is 13.0 Å². The van der Waals surface area contributed by atoms with Crippen LogP contribution in [0.2, 0.25) is 0 Å². The molecule has 0 spiro atoms. The fourth-order valence-corrected chi connectivity index (χ4v) is 1.98. The molecular formula is C11H15BrN2O. The largest absolute Gasteiger partial charge is 0.370 e. The third-order valence-electron chi connectivity index (χ3n) is 2.19. The molecule has 0 aliphatic rings. The summed E-state index contributed by atoms with van der Waals surface area (Å²) in [5.41, 5.74) is 6.24. The number of hydrogen-bond donors (Lipinski definition) is 2. The summed E-state index contributed by atoms with van der Waals surface area (Å²) in [6.45, 7) is 2.67. The minimum Gasteiger partial charge on any atom is -0.370 e. The highest BCUT2D eigenvalue weighted by Crippen LogP contribution is 2.22. The van der Waals surface area contributed by atoms with Crippen molar-refractivity contribution in [1.82, 2.24) is 5.32 Å². The number of rotatable bonds is 5. The van der Waals surface area contributed by atoms with Gasteiger partial charge in [-0.15, -0.1) is 0 Å². The van der Waals surface area contributed by atoms with Gasteiger partial charge in [0.25, 0.3) is 0 Å². The molecule has 1 atom stereocenters. The highest BCUT2D eigenvalue weighted by molar-refractivity contribution is 9.10. The molecule has 0 saturated heterocycles. The van der Waals surface area contributed by atoms with Crippen LogP contribution in [0.3, 0.4) is 0 Å². The van der Waals surface area contributed by atoms with Gasteiger partial charge in [-0.1, -0.05) is 34.1 Å². The van der Waals surface area contributed by atoms with Gasteiger partial charge in [-0.2, -0.15) is 0 Å². The highest BCUT2D eigenvalue weighted by atomic mass is 79.9. The Balaban J connectivity index is 2.50. The lowest BCUT2D eigenvalue weighted by molar-refractivity contribution is -0.117. The predicted octanol–water partition coefficient (Wildman–Crippen LogP) is 1.98. The van der Waals surface area contributed by atoms with Gasteiger partial charge in [0.05, 0.1) is 0 Å². The van der Waals surface area contributed by atoms with Crippen LogP contribution < -0.4 is 11.1 Å². The van der Waals surface area contributed by atoms with E-state index in [1.165, 1.54) is 5.56 Å². The summed E-state index contributed by atoms with van der Waals surface area (Å²) in [5.74, 6) is -0.276. The van der Waals surface area contributed by atoms with Crippen LogP contribution in [0.5, 0.6) is 0 Å². The highest BCUT2D eigenvalue weighted by Gasteiger charge is 2.07. The minimum atomic E-state index is -0.276. The SMILES string of the molecule is CC(NCCC(N)=O)c1ccccc1Br. The first-order valence-corrected chi connectivity index (χ1v) is 5.66. The number of carbonyl (C=O) groups excluding carboxylic acids is 1. The summed E-state index contributed by atoms with van der Waals surface area (Å²) in [6.07, 6.45) is 0.370. The van der Waals surface area contributed by atoms with Gasteiger partial charge in [-0.05, 0) is 18.6 Å². The van der Waals surface area contributed by atoms with Crippen LogP contribution >= 0.6 is 15.9 Å². The van der Waals surface area contributed by atoms with E-state index in [4.69, 9.17) is 5.73 Å². The third-order valence-corrected chi connectivity index (χ3v) is 2.92. The Kier molecular flexibility index (Phi) is 4.78. The molecule has 0 saturated carbocycles. The fraction of sp³-hybridized carbons (Fsp3) is 0.364. The third kappa shape index (κ3) is 4.01.